The Morgan fingerprint density at radius 2 is 2.11 bits per heavy atom. The summed E-state index contributed by atoms with van der Waals surface area (Å²) >= 11 is 0. The topological polar surface area (TPSA) is 49.3 Å². The highest BCUT2D eigenvalue weighted by molar-refractivity contribution is 5.94. The lowest BCUT2D eigenvalue weighted by Crippen LogP contribution is -2.38. The number of aliphatic hydroxyl groups excluding tert-OH is 1. The van der Waals surface area contributed by atoms with Gasteiger partial charge in [-0.2, -0.15) is 0 Å². The maximum Gasteiger partial charge on any atom is 0.251 e. The minimum absolute atomic E-state index is 0.0246. The van der Waals surface area contributed by atoms with Gasteiger partial charge in [0.15, 0.2) is 0 Å². The normalized spacial score (nSPS) is 23.1. The van der Waals surface area contributed by atoms with E-state index in [1.165, 1.54) is 5.56 Å². The summed E-state index contributed by atoms with van der Waals surface area (Å²) in [6, 6.07) is 5.89. The molecule has 0 spiro atoms. The Hall–Kier alpha value is -1.35. The van der Waals surface area contributed by atoms with Gasteiger partial charge in [-0.1, -0.05) is 12.5 Å². The number of aryl methyl sites for hydroxylation is 2. The third-order valence-electron chi connectivity index (χ3n) is 3.98. The van der Waals surface area contributed by atoms with Crippen LogP contribution in [0.2, 0.25) is 0 Å². The Morgan fingerprint density at radius 3 is 2.78 bits per heavy atom. The van der Waals surface area contributed by atoms with E-state index in [1.807, 2.05) is 32.0 Å². The molecule has 2 atom stereocenters. The Labute approximate surface area is 108 Å². The second-order valence-corrected chi connectivity index (χ2v) is 5.25. The zero-order valence-corrected chi connectivity index (χ0v) is 11.1. The Kier molecular flexibility index (Phi) is 4.02. The monoisotopic (exact) mass is 247 g/mol. The fourth-order valence-corrected chi connectivity index (χ4v) is 2.58. The first kappa shape index (κ1) is 13.1. The van der Waals surface area contributed by atoms with Gasteiger partial charge in [-0.3, -0.25) is 4.79 Å². The molecule has 98 valence electrons. The van der Waals surface area contributed by atoms with Crippen LogP contribution >= 0.6 is 0 Å². The van der Waals surface area contributed by atoms with E-state index >= 15 is 0 Å². The molecule has 0 bridgehead atoms. The predicted octanol–water partition coefficient (Wildman–Crippen LogP) is 2.19. The van der Waals surface area contributed by atoms with Gasteiger partial charge in [-0.05, 0) is 49.9 Å². The lowest BCUT2D eigenvalue weighted by atomic mass is 10.0. The van der Waals surface area contributed by atoms with Crippen molar-refractivity contribution >= 4 is 5.91 Å². The van der Waals surface area contributed by atoms with Crippen molar-refractivity contribution in [2.75, 3.05) is 6.61 Å². The summed E-state index contributed by atoms with van der Waals surface area (Å²) in [5.74, 6) is 0.198. The number of nitrogens with one attached hydrogen (secondary N) is 1. The molecule has 1 saturated carbocycles. The first-order chi connectivity index (χ1) is 8.61. The van der Waals surface area contributed by atoms with Crippen LogP contribution in [0.25, 0.3) is 0 Å². The minimum Gasteiger partial charge on any atom is -0.396 e. The van der Waals surface area contributed by atoms with Gasteiger partial charge in [0.25, 0.3) is 5.91 Å². The van der Waals surface area contributed by atoms with E-state index in [2.05, 4.69) is 5.32 Å². The highest BCUT2D eigenvalue weighted by Gasteiger charge is 2.28. The minimum atomic E-state index is -0.0246. The lowest BCUT2D eigenvalue weighted by Gasteiger charge is -2.19. The standard InChI is InChI=1S/C15H21NO2/c1-10-6-7-12(8-11(10)2)15(18)16-14-5-3-4-13(14)9-17/h6-8,13-14,17H,3-5,9H2,1-2H3,(H,16,18). The van der Waals surface area contributed by atoms with Crippen LogP contribution in [0.4, 0.5) is 0 Å². The molecule has 0 heterocycles. The van der Waals surface area contributed by atoms with Gasteiger partial charge in [0, 0.05) is 24.1 Å². The summed E-state index contributed by atoms with van der Waals surface area (Å²) in [5.41, 5.74) is 3.04. The average Bonchev–Trinajstić information content (AvgIpc) is 2.79. The van der Waals surface area contributed by atoms with E-state index in [1.54, 1.807) is 0 Å². The Morgan fingerprint density at radius 1 is 1.33 bits per heavy atom. The summed E-state index contributed by atoms with van der Waals surface area (Å²) in [7, 11) is 0. The van der Waals surface area contributed by atoms with Crippen molar-refractivity contribution in [3.05, 3.63) is 34.9 Å². The number of carbonyl (C=O) groups excluding carboxylic acids is 1. The zero-order valence-electron chi connectivity index (χ0n) is 11.1. The number of hydrogen-bond acceptors (Lipinski definition) is 2. The Balaban J connectivity index is 2.05. The van der Waals surface area contributed by atoms with Crippen molar-refractivity contribution < 1.29 is 9.90 Å². The molecule has 1 fully saturated rings. The van der Waals surface area contributed by atoms with E-state index in [9.17, 15) is 9.90 Å². The van der Waals surface area contributed by atoms with Crippen LogP contribution in [0.1, 0.15) is 40.7 Å². The first-order valence-corrected chi connectivity index (χ1v) is 6.61. The third kappa shape index (κ3) is 2.72. The summed E-state index contributed by atoms with van der Waals surface area (Å²) in [4.78, 5) is 12.1. The highest BCUT2D eigenvalue weighted by Crippen LogP contribution is 2.25. The van der Waals surface area contributed by atoms with E-state index in [-0.39, 0.29) is 24.5 Å². The molecule has 3 heteroatoms. The lowest BCUT2D eigenvalue weighted by molar-refractivity contribution is 0.0916. The van der Waals surface area contributed by atoms with Crippen LogP contribution in [0, 0.1) is 19.8 Å². The molecule has 0 radical (unpaired) electrons. The summed E-state index contributed by atoms with van der Waals surface area (Å²) in [6.07, 6.45) is 3.07. The fraction of sp³-hybridized carbons (Fsp3) is 0.533. The molecule has 0 saturated heterocycles. The summed E-state index contributed by atoms with van der Waals surface area (Å²) in [5, 5.41) is 12.3. The number of aliphatic hydroxyl groups is 1. The van der Waals surface area contributed by atoms with Crippen LogP contribution < -0.4 is 5.32 Å². The van der Waals surface area contributed by atoms with Gasteiger partial charge < -0.3 is 10.4 Å². The fourth-order valence-electron chi connectivity index (χ4n) is 2.58. The van der Waals surface area contributed by atoms with Crippen LogP contribution in [0.3, 0.4) is 0 Å². The van der Waals surface area contributed by atoms with Gasteiger partial charge in [0.05, 0.1) is 0 Å². The van der Waals surface area contributed by atoms with Crippen LogP contribution in [-0.4, -0.2) is 23.7 Å². The van der Waals surface area contributed by atoms with Crippen LogP contribution in [0.5, 0.6) is 0 Å². The average molecular weight is 247 g/mol. The predicted molar refractivity (Wildman–Crippen MR) is 71.6 cm³/mol. The molecular formula is C15H21NO2. The van der Waals surface area contributed by atoms with Crippen molar-refractivity contribution in [2.24, 2.45) is 5.92 Å². The molecule has 2 rings (SSSR count). The molecule has 0 aliphatic heterocycles. The molecule has 1 aliphatic rings. The van der Waals surface area contributed by atoms with Gasteiger partial charge in [-0.25, -0.2) is 0 Å². The molecule has 1 aromatic rings. The molecule has 3 nitrogen and oxygen atoms in total. The van der Waals surface area contributed by atoms with Gasteiger partial charge in [0.2, 0.25) is 0 Å². The smallest absolute Gasteiger partial charge is 0.251 e. The van der Waals surface area contributed by atoms with Crippen LogP contribution in [-0.2, 0) is 0 Å². The molecule has 2 unspecified atom stereocenters. The van der Waals surface area contributed by atoms with Gasteiger partial charge in [-0.15, -0.1) is 0 Å². The van der Waals surface area contributed by atoms with Crippen molar-refractivity contribution in [1.29, 1.82) is 0 Å². The number of amides is 1. The molecule has 18 heavy (non-hydrogen) atoms. The Bertz CT molecular complexity index is 442. The molecule has 1 aromatic carbocycles. The van der Waals surface area contributed by atoms with Crippen molar-refractivity contribution in [3.63, 3.8) is 0 Å². The third-order valence-corrected chi connectivity index (χ3v) is 3.98. The van der Waals surface area contributed by atoms with Crippen LogP contribution in [0.15, 0.2) is 18.2 Å². The highest BCUT2D eigenvalue weighted by atomic mass is 16.3. The summed E-state index contributed by atoms with van der Waals surface area (Å²) in [6.45, 7) is 4.21. The van der Waals surface area contributed by atoms with E-state index in [4.69, 9.17) is 0 Å². The quantitative estimate of drug-likeness (QED) is 0.860. The number of rotatable bonds is 3. The maximum atomic E-state index is 12.1. The van der Waals surface area contributed by atoms with E-state index in [0.717, 1.165) is 24.8 Å². The molecular weight excluding hydrogens is 226 g/mol. The second-order valence-electron chi connectivity index (χ2n) is 5.25. The van der Waals surface area contributed by atoms with Crippen molar-refractivity contribution in [3.8, 4) is 0 Å². The molecule has 2 N–H and O–H groups in total. The van der Waals surface area contributed by atoms with E-state index in [0.29, 0.717) is 5.56 Å². The molecule has 0 aromatic heterocycles. The first-order valence-electron chi connectivity index (χ1n) is 6.61. The zero-order chi connectivity index (χ0) is 13.1. The number of hydrogen-bond donors (Lipinski definition) is 2. The van der Waals surface area contributed by atoms with Gasteiger partial charge >= 0.3 is 0 Å². The van der Waals surface area contributed by atoms with E-state index < -0.39 is 0 Å². The molecule has 1 aliphatic carbocycles. The van der Waals surface area contributed by atoms with Crippen molar-refractivity contribution in [2.45, 2.75) is 39.2 Å². The summed E-state index contributed by atoms with van der Waals surface area (Å²) < 4.78 is 0. The maximum absolute atomic E-state index is 12.1. The SMILES string of the molecule is Cc1ccc(C(=O)NC2CCCC2CO)cc1C. The van der Waals surface area contributed by atoms with Crippen molar-refractivity contribution in [1.82, 2.24) is 5.32 Å². The molecule has 1 amide bonds. The second kappa shape index (κ2) is 5.53. The largest absolute Gasteiger partial charge is 0.396 e. The van der Waals surface area contributed by atoms with Gasteiger partial charge in [0.1, 0.15) is 0 Å². The number of benzene rings is 1. The number of carbonyl (C=O) groups is 1.